The summed E-state index contributed by atoms with van der Waals surface area (Å²) < 4.78 is 2.37. The van der Waals surface area contributed by atoms with E-state index in [0.29, 0.717) is 10.8 Å². The molecule has 0 aliphatic carbocycles. The molecule has 3 aromatic rings. The van der Waals surface area contributed by atoms with Crippen molar-refractivity contribution in [2.75, 3.05) is 5.75 Å². The first kappa shape index (κ1) is 20.2. The Bertz CT molecular complexity index is 1200. The highest BCUT2D eigenvalue weighted by atomic mass is 32.2. The lowest BCUT2D eigenvalue weighted by molar-refractivity contribution is -0.197. The fraction of sp³-hybridized carbons (Fsp3) is 0.261. The van der Waals surface area contributed by atoms with Crippen LogP contribution in [-0.4, -0.2) is 33.2 Å². The Morgan fingerprint density at radius 2 is 1.81 bits per heavy atom. The second-order valence-electron chi connectivity index (χ2n) is 7.45. The molecular formula is C23H20N2O4S2. The third kappa shape index (κ3) is 3.53. The number of hydroxylamine groups is 2. The third-order valence-corrected chi connectivity index (χ3v) is 8.27. The van der Waals surface area contributed by atoms with Gasteiger partial charge in [0, 0.05) is 52.6 Å². The van der Waals surface area contributed by atoms with Gasteiger partial charge in [-0.1, -0.05) is 36.4 Å². The predicted octanol–water partition coefficient (Wildman–Crippen LogP) is 4.68. The highest BCUT2D eigenvalue weighted by Crippen LogP contribution is 2.56. The van der Waals surface area contributed by atoms with E-state index in [-0.39, 0.29) is 23.8 Å². The number of fused-ring (bicyclic) bond motifs is 5. The number of nitrogens with zero attached hydrogens (tertiary/aromatic N) is 2. The summed E-state index contributed by atoms with van der Waals surface area (Å²) in [6.07, 6.45) is 0.326. The van der Waals surface area contributed by atoms with Crippen LogP contribution in [0.5, 0.6) is 0 Å². The first-order valence-electron chi connectivity index (χ1n) is 10.1. The quantitative estimate of drug-likeness (QED) is 0.524. The van der Waals surface area contributed by atoms with Crippen molar-refractivity contribution in [3.8, 4) is 11.3 Å². The molecule has 0 saturated carbocycles. The van der Waals surface area contributed by atoms with Gasteiger partial charge >= 0.3 is 5.97 Å². The minimum atomic E-state index is -0.560. The molecule has 1 atom stereocenters. The summed E-state index contributed by atoms with van der Waals surface area (Å²) in [5, 5.41) is 1.83. The number of aromatic nitrogens is 1. The second-order valence-corrected chi connectivity index (χ2v) is 10.1. The lowest BCUT2D eigenvalue weighted by Crippen LogP contribution is -2.32. The van der Waals surface area contributed by atoms with Crippen molar-refractivity contribution in [3.63, 3.8) is 0 Å². The van der Waals surface area contributed by atoms with Crippen molar-refractivity contribution in [1.82, 2.24) is 9.63 Å². The Morgan fingerprint density at radius 1 is 1.10 bits per heavy atom. The predicted molar refractivity (Wildman–Crippen MR) is 121 cm³/mol. The van der Waals surface area contributed by atoms with Crippen LogP contribution < -0.4 is 0 Å². The molecule has 0 spiro atoms. The van der Waals surface area contributed by atoms with E-state index in [0.717, 1.165) is 0 Å². The molecule has 2 amide bonds. The molecule has 1 unspecified atom stereocenters. The molecule has 0 bridgehead atoms. The zero-order valence-corrected chi connectivity index (χ0v) is 18.5. The number of para-hydroxylation sites is 1. The molecule has 1 saturated heterocycles. The van der Waals surface area contributed by atoms with Gasteiger partial charge in [-0.2, -0.15) is 0 Å². The molecule has 31 heavy (non-hydrogen) atoms. The molecule has 2 aromatic carbocycles. The number of hydrogen-bond donors (Lipinski definition) is 0. The van der Waals surface area contributed by atoms with Gasteiger partial charge in [-0.15, -0.1) is 28.6 Å². The number of aryl methyl sites for hydroxylation is 1. The zero-order chi connectivity index (χ0) is 21.5. The first-order chi connectivity index (χ1) is 15.0. The number of carbonyl (C=O) groups is 3. The van der Waals surface area contributed by atoms with E-state index in [1.165, 1.54) is 32.6 Å². The number of imide groups is 1. The summed E-state index contributed by atoms with van der Waals surface area (Å²) in [4.78, 5) is 41.7. The average molecular weight is 453 g/mol. The topological polar surface area (TPSA) is 68.6 Å². The summed E-state index contributed by atoms with van der Waals surface area (Å²) in [6, 6.07) is 16.8. The van der Waals surface area contributed by atoms with Crippen LogP contribution in [0.3, 0.4) is 0 Å². The fourth-order valence-corrected chi connectivity index (χ4v) is 6.91. The van der Waals surface area contributed by atoms with Crippen molar-refractivity contribution in [2.24, 2.45) is 7.05 Å². The van der Waals surface area contributed by atoms with Crippen LogP contribution in [0.2, 0.25) is 0 Å². The number of benzene rings is 2. The molecule has 158 valence electrons. The smallest absolute Gasteiger partial charge is 0.334 e. The first-order valence-corrected chi connectivity index (χ1v) is 12.0. The average Bonchev–Trinajstić information content (AvgIpc) is 3.26. The number of carbonyl (C=O) groups excluding carboxylic acids is 3. The maximum absolute atomic E-state index is 12.2. The Labute approximate surface area is 187 Å². The SMILES string of the molecule is Cn1c2c(c3ccccc31)C(SCCC(=O)ON1C(=O)CCC1=O)Sc1ccccc1-2. The summed E-state index contributed by atoms with van der Waals surface area (Å²) >= 11 is 3.47. The van der Waals surface area contributed by atoms with Crippen molar-refractivity contribution < 1.29 is 19.2 Å². The Balaban J connectivity index is 1.36. The summed E-state index contributed by atoms with van der Waals surface area (Å²) in [6.45, 7) is 0. The van der Waals surface area contributed by atoms with Crippen molar-refractivity contribution in [3.05, 3.63) is 54.1 Å². The second kappa shape index (κ2) is 8.09. The maximum Gasteiger partial charge on any atom is 0.334 e. The van der Waals surface area contributed by atoms with Gasteiger partial charge in [0.05, 0.1) is 16.7 Å². The molecule has 3 heterocycles. The summed E-state index contributed by atoms with van der Waals surface area (Å²) in [5.74, 6) is -0.940. The summed E-state index contributed by atoms with van der Waals surface area (Å²) in [5.41, 5.74) is 4.89. The molecule has 6 nitrogen and oxygen atoms in total. The Hall–Kier alpha value is -2.71. The van der Waals surface area contributed by atoms with Gasteiger partial charge in [0.25, 0.3) is 11.8 Å². The van der Waals surface area contributed by atoms with Crippen molar-refractivity contribution >= 4 is 52.2 Å². The van der Waals surface area contributed by atoms with Gasteiger partial charge in [-0.05, 0) is 12.1 Å². The molecule has 1 fully saturated rings. The molecule has 5 rings (SSSR count). The number of thioether (sulfide) groups is 2. The van der Waals surface area contributed by atoms with Crippen LogP contribution in [0.4, 0.5) is 0 Å². The number of amides is 2. The molecule has 1 aromatic heterocycles. The minimum Gasteiger partial charge on any atom is -0.343 e. The Morgan fingerprint density at radius 3 is 2.61 bits per heavy atom. The van der Waals surface area contributed by atoms with Crippen LogP contribution in [0.15, 0.2) is 53.4 Å². The highest BCUT2D eigenvalue weighted by molar-refractivity contribution is 8.16. The van der Waals surface area contributed by atoms with E-state index in [1.54, 1.807) is 23.5 Å². The lowest BCUT2D eigenvalue weighted by Gasteiger charge is -2.25. The molecule has 2 aliphatic rings. The molecule has 0 N–H and O–H groups in total. The van der Waals surface area contributed by atoms with Gasteiger partial charge < -0.3 is 9.40 Å². The van der Waals surface area contributed by atoms with Crippen LogP contribution in [0.25, 0.3) is 22.2 Å². The van der Waals surface area contributed by atoms with Gasteiger partial charge in [0.1, 0.15) is 0 Å². The molecular weight excluding hydrogens is 432 g/mol. The minimum absolute atomic E-state index is 0.100. The van der Waals surface area contributed by atoms with E-state index in [1.807, 2.05) is 12.1 Å². The van der Waals surface area contributed by atoms with Crippen LogP contribution in [0.1, 0.15) is 29.4 Å². The van der Waals surface area contributed by atoms with Gasteiger partial charge in [0.15, 0.2) is 0 Å². The van der Waals surface area contributed by atoms with E-state index < -0.39 is 17.8 Å². The van der Waals surface area contributed by atoms with E-state index in [9.17, 15) is 14.4 Å². The van der Waals surface area contributed by atoms with Crippen molar-refractivity contribution in [1.29, 1.82) is 0 Å². The number of rotatable bonds is 5. The lowest BCUT2D eigenvalue weighted by atomic mass is 10.1. The monoisotopic (exact) mass is 452 g/mol. The fourth-order valence-electron chi connectivity index (χ4n) is 4.10. The van der Waals surface area contributed by atoms with Crippen LogP contribution in [-0.2, 0) is 26.3 Å². The summed E-state index contributed by atoms with van der Waals surface area (Å²) in [7, 11) is 2.09. The molecule has 8 heteroatoms. The largest absolute Gasteiger partial charge is 0.343 e. The van der Waals surface area contributed by atoms with Crippen molar-refractivity contribution in [2.45, 2.75) is 28.7 Å². The number of hydrogen-bond acceptors (Lipinski definition) is 6. The van der Waals surface area contributed by atoms with E-state index >= 15 is 0 Å². The van der Waals surface area contributed by atoms with Gasteiger partial charge in [0.2, 0.25) is 0 Å². The standard InChI is InChI=1S/C23H20N2O4S2/c1-24-16-8-4-2-6-14(16)21-22(24)15-7-3-5-9-17(15)31-23(21)30-13-12-20(28)29-25-18(26)10-11-19(25)27/h2-9,23H,10-13H2,1H3. The molecule has 2 aliphatic heterocycles. The molecule has 0 radical (unpaired) electrons. The van der Waals surface area contributed by atoms with Gasteiger partial charge in [-0.3, -0.25) is 9.59 Å². The van der Waals surface area contributed by atoms with Crippen LogP contribution >= 0.6 is 23.5 Å². The Kier molecular flexibility index (Phi) is 5.27. The normalized spacial score (nSPS) is 17.7. The zero-order valence-electron chi connectivity index (χ0n) is 16.9. The van der Waals surface area contributed by atoms with E-state index in [2.05, 4.69) is 48.0 Å². The van der Waals surface area contributed by atoms with Gasteiger partial charge in [-0.25, -0.2) is 4.79 Å². The maximum atomic E-state index is 12.2. The highest BCUT2D eigenvalue weighted by Gasteiger charge is 2.34. The van der Waals surface area contributed by atoms with Crippen LogP contribution in [0, 0.1) is 0 Å². The third-order valence-electron chi connectivity index (χ3n) is 5.53. The van der Waals surface area contributed by atoms with E-state index in [4.69, 9.17) is 4.84 Å².